The molecular formula is C19H24BrN. The van der Waals surface area contributed by atoms with Crippen LogP contribution in [0.25, 0.3) is 0 Å². The Morgan fingerprint density at radius 2 is 1.52 bits per heavy atom. The van der Waals surface area contributed by atoms with E-state index in [0.29, 0.717) is 17.9 Å². The van der Waals surface area contributed by atoms with E-state index in [4.69, 9.17) is 0 Å². The van der Waals surface area contributed by atoms with Crippen LogP contribution in [0.4, 0.5) is 0 Å². The number of benzene rings is 2. The Bertz CT molecular complexity index is 551. The fraction of sp³-hybridized carbons (Fsp3) is 0.368. The van der Waals surface area contributed by atoms with E-state index in [1.165, 1.54) is 15.6 Å². The van der Waals surface area contributed by atoms with Gasteiger partial charge in [-0.25, -0.2) is 0 Å². The Hall–Kier alpha value is -1.12. The molecule has 1 nitrogen and oxygen atoms in total. The highest BCUT2D eigenvalue weighted by atomic mass is 79.9. The molecule has 0 aromatic heterocycles. The molecular weight excluding hydrogens is 322 g/mol. The molecule has 1 N–H and O–H groups in total. The van der Waals surface area contributed by atoms with Gasteiger partial charge in [-0.15, -0.1) is 0 Å². The minimum Gasteiger partial charge on any atom is -0.310 e. The zero-order valence-corrected chi connectivity index (χ0v) is 14.6. The van der Waals surface area contributed by atoms with Crippen molar-refractivity contribution in [2.45, 2.75) is 32.7 Å². The third kappa shape index (κ3) is 4.42. The highest BCUT2D eigenvalue weighted by molar-refractivity contribution is 9.10. The largest absolute Gasteiger partial charge is 0.310 e. The summed E-state index contributed by atoms with van der Waals surface area (Å²) in [6.07, 6.45) is 0. The van der Waals surface area contributed by atoms with Gasteiger partial charge in [0.1, 0.15) is 0 Å². The van der Waals surface area contributed by atoms with Crippen LogP contribution in [-0.4, -0.2) is 6.54 Å². The monoisotopic (exact) mass is 345 g/mol. The van der Waals surface area contributed by atoms with Crippen LogP contribution in [0, 0.1) is 5.92 Å². The molecule has 112 valence electrons. The van der Waals surface area contributed by atoms with Crippen molar-refractivity contribution in [1.82, 2.24) is 5.32 Å². The minimum absolute atomic E-state index is 0.338. The molecule has 0 aliphatic carbocycles. The molecule has 2 rings (SSSR count). The Kier molecular flexibility index (Phi) is 6.01. The lowest BCUT2D eigenvalue weighted by Crippen LogP contribution is -2.27. The Morgan fingerprint density at radius 1 is 0.905 bits per heavy atom. The van der Waals surface area contributed by atoms with Crippen molar-refractivity contribution in [2.75, 3.05) is 6.54 Å². The summed E-state index contributed by atoms with van der Waals surface area (Å²) in [7, 11) is 0. The summed E-state index contributed by atoms with van der Waals surface area (Å²) in [6, 6.07) is 19.6. The molecule has 0 heterocycles. The Balaban J connectivity index is 2.04. The molecule has 0 amide bonds. The van der Waals surface area contributed by atoms with Crippen molar-refractivity contribution in [3.05, 3.63) is 70.2 Å². The molecule has 2 atom stereocenters. The molecule has 2 heteroatoms. The van der Waals surface area contributed by atoms with Gasteiger partial charge in [-0.1, -0.05) is 78.3 Å². The maximum absolute atomic E-state index is 3.69. The predicted octanol–water partition coefficient (Wildman–Crippen LogP) is 5.54. The van der Waals surface area contributed by atoms with Crippen LogP contribution >= 0.6 is 15.9 Å². The number of rotatable bonds is 6. The Labute approximate surface area is 136 Å². The van der Waals surface area contributed by atoms with Gasteiger partial charge in [0.15, 0.2) is 0 Å². The van der Waals surface area contributed by atoms with E-state index in [1.807, 2.05) is 0 Å². The van der Waals surface area contributed by atoms with Gasteiger partial charge in [-0.3, -0.25) is 0 Å². The van der Waals surface area contributed by atoms with Crippen molar-refractivity contribution in [3.63, 3.8) is 0 Å². The zero-order chi connectivity index (χ0) is 15.2. The van der Waals surface area contributed by atoms with E-state index in [9.17, 15) is 0 Å². The van der Waals surface area contributed by atoms with Crippen LogP contribution < -0.4 is 5.32 Å². The second kappa shape index (κ2) is 7.77. The zero-order valence-electron chi connectivity index (χ0n) is 13.0. The quantitative estimate of drug-likeness (QED) is 0.724. The molecule has 0 fully saturated rings. The average Bonchev–Trinajstić information content (AvgIpc) is 2.48. The summed E-state index contributed by atoms with van der Waals surface area (Å²) >= 11 is 3.64. The fourth-order valence-corrected chi connectivity index (χ4v) is 3.31. The molecule has 1 unspecified atom stereocenters. The van der Waals surface area contributed by atoms with Crippen molar-refractivity contribution < 1.29 is 0 Å². The topological polar surface area (TPSA) is 12.0 Å². The van der Waals surface area contributed by atoms with Crippen molar-refractivity contribution >= 4 is 15.9 Å². The van der Waals surface area contributed by atoms with Gasteiger partial charge in [-0.2, -0.15) is 0 Å². The first-order valence-corrected chi connectivity index (χ1v) is 8.41. The maximum Gasteiger partial charge on any atom is 0.0303 e. The van der Waals surface area contributed by atoms with Gasteiger partial charge in [0, 0.05) is 17.1 Å². The lowest BCUT2D eigenvalue weighted by Gasteiger charge is -2.25. The van der Waals surface area contributed by atoms with E-state index < -0.39 is 0 Å². The lowest BCUT2D eigenvalue weighted by atomic mass is 9.88. The van der Waals surface area contributed by atoms with Gasteiger partial charge >= 0.3 is 0 Å². The first kappa shape index (κ1) is 16.3. The summed E-state index contributed by atoms with van der Waals surface area (Å²) in [5, 5.41) is 3.69. The van der Waals surface area contributed by atoms with Gasteiger partial charge in [0.05, 0.1) is 0 Å². The molecule has 0 bridgehead atoms. The van der Waals surface area contributed by atoms with Crippen molar-refractivity contribution in [2.24, 2.45) is 5.92 Å². The van der Waals surface area contributed by atoms with Crippen LogP contribution in [-0.2, 0) is 0 Å². The summed E-state index contributed by atoms with van der Waals surface area (Å²) in [5.41, 5.74) is 2.73. The summed E-state index contributed by atoms with van der Waals surface area (Å²) < 4.78 is 1.17. The molecule has 21 heavy (non-hydrogen) atoms. The summed E-state index contributed by atoms with van der Waals surface area (Å²) in [4.78, 5) is 0. The standard InChI is InChI=1S/C19H24BrN/c1-14(2)18(16-9-5-4-6-10-16)13-21-15(3)17-11-7-8-12-19(17)20/h4-12,14-15,18,21H,13H2,1-3H3/t15-,18?/m0/s1. The van der Waals surface area contributed by atoms with E-state index in [-0.39, 0.29) is 0 Å². The molecule has 0 spiro atoms. The molecule has 0 saturated carbocycles. The van der Waals surface area contributed by atoms with Crippen molar-refractivity contribution in [3.8, 4) is 0 Å². The first-order valence-electron chi connectivity index (χ1n) is 7.62. The number of nitrogens with one attached hydrogen (secondary N) is 1. The summed E-state index contributed by atoms with van der Waals surface area (Å²) in [5.74, 6) is 1.16. The van der Waals surface area contributed by atoms with E-state index in [1.54, 1.807) is 0 Å². The van der Waals surface area contributed by atoms with Gasteiger partial charge in [-0.05, 0) is 36.0 Å². The molecule has 0 aliphatic rings. The van der Waals surface area contributed by atoms with Crippen LogP contribution in [0.1, 0.15) is 43.9 Å². The first-order chi connectivity index (χ1) is 10.1. The molecule has 0 saturated heterocycles. The van der Waals surface area contributed by atoms with Crippen LogP contribution in [0.5, 0.6) is 0 Å². The van der Waals surface area contributed by atoms with Crippen LogP contribution in [0.3, 0.4) is 0 Å². The normalized spacial score (nSPS) is 14.1. The number of halogens is 1. The second-order valence-electron chi connectivity index (χ2n) is 5.91. The number of hydrogen-bond donors (Lipinski definition) is 1. The molecule has 2 aromatic rings. The van der Waals surface area contributed by atoms with Crippen LogP contribution in [0.2, 0.25) is 0 Å². The number of hydrogen-bond acceptors (Lipinski definition) is 1. The highest BCUT2D eigenvalue weighted by Gasteiger charge is 2.17. The maximum atomic E-state index is 3.69. The van der Waals surface area contributed by atoms with Gasteiger partial charge in [0.25, 0.3) is 0 Å². The fourth-order valence-electron chi connectivity index (χ4n) is 2.68. The van der Waals surface area contributed by atoms with Gasteiger partial charge in [0.2, 0.25) is 0 Å². The average molecular weight is 346 g/mol. The Morgan fingerprint density at radius 3 is 2.14 bits per heavy atom. The SMILES string of the molecule is CC(C)C(CN[C@@H](C)c1ccccc1Br)c1ccccc1. The second-order valence-corrected chi connectivity index (χ2v) is 6.77. The smallest absolute Gasteiger partial charge is 0.0303 e. The van der Waals surface area contributed by atoms with E-state index in [0.717, 1.165) is 6.54 Å². The third-order valence-corrected chi connectivity index (χ3v) is 4.77. The van der Waals surface area contributed by atoms with E-state index >= 15 is 0 Å². The highest BCUT2D eigenvalue weighted by Crippen LogP contribution is 2.26. The van der Waals surface area contributed by atoms with Crippen molar-refractivity contribution in [1.29, 1.82) is 0 Å². The molecule has 0 aliphatic heterocycles. The summed E-state index contributed by atoms with van der Waals surface area (Å²) in [6.45, 7) is 7.80. The minimum atomic E-state index is 0.338. The van der Waals surface area contributed by atoms with E-state index in [2.05, 4.69) is 96.6 Å². The van der Waals surface area contributed by atoms with Crippen LogP contribution in [0.15, 0.2) is 59.1 Å². The lowest BCUT2D eigenvalue weighted by molar-refractivity contribution is 0.436. The third-order valence-electron chi connectivity index (χ3n) is 4.05. The molecule has 2 aromatic carbocycles. The van der Waals surface area contributed by atoms with Gasteiger partial charge < -0.3 is 5.32 Å². The predicted molar refractivity (Wildman–Crippen MR) is 94.6 cm³/mol. The molecule has 0 radical (unpaired) electrons.